The summed E-state index contributed by atoms with van der Waals surface area (Å²) >= 11 is 0. The summed E-state index contributed by atoms with van der Waals surface area (Å²) in [4.78, 5) is 2.09. The molecule has 2 aliphatic rings. The van der Waals surface area contributed by atoms with Crippen molar-refractivity contribution in [2.24, 2.45) is 11.8 Å². The van der Waals surface area contributed by atoms with Gasteiger partial charge in [-0.2, -0.15) is 0 Å². The minimum atomic E-state index is -2.40. The fourth-order valence-electron chi connectivity index (χ4n) is 3.24. The summed E-state index contributed by atoms with van der Waals surface area (Å²) in [7, 11) is 3.98. The molecule has 0 aliphatic heterocycles. The Morgan fingerprint density at radius 1 is 1.12 bits per heavy atom. The SMILES string of the molecule is CN(C)[C@H]1C[C@H]2[C@@H](C[C@@H]1NC(C)(C)C)C2(F)F. The van der Waals surface area contributed by atoms with Gasteiger partial charge in [0.2, 0.25) is 0 Å². The third-order valence-corrected chi connectivity index (χ3v) is 4.11. The summed E-state index contributed by atoms with van der Waals surface area (Å²) in [6.45, 7) is 6.28. The number of rotatable bonds is 2. The smallest absolute Gasteiger partial charge is 0.254 e. The summed E-state index contributed by atoms with van der Waals surface area (Å²) < 4.78 is 27.0. The molecule has 0 spiro atoms. The van der Waals surface area contributed by atoms with Crippen molar-refractivity contribution >= 4 is 0 Å². The molecule has 4 heteroatoms. The summed E-state index contributed by atoms with van der Waals surface area (Å²) in [5.74, 6) is -3.14. The van der Waals surface area contributed by atoms with Gasteiger partial charge >= 0.3 is 0 Å². The van der Waals surface area contributed by atoms with Crippen LogP contribution in [0.1, 0.15) is 33.6 Å². The average Bonchev–Trinajstić information content (AvgIpc) is 2.64. The molecule has 2 rings (SSSR count). The number of fused-ring (bicyclic) bond motifs is 1. The number of nitrogens with zero attached hydrogens (tertiary/aromatic N) is 1. The van der Waals surface area contributed by atoms with E-state index in [-0.39, 0.29) is 29.5 Å². The van der Waals surface area contributed by atoms with Crippen molar-refractivity contribution in [2.45, 2.75) is 57.2 Å². The highest BCUT2D eigenvalue weighted by atomic mass is 19.3. The van der Waals surface area contributed by atoms with Crippen molar-refractivity contribution < 1.29 is 8.78 Å². The first-order chi connectivity index (χ1) is 7.63. The molecule has 100 valence electrons. The van der Waals surface area contributed by atoms with Crippen molar-refractivity contribution in [2.75, 3.05) is 14.1 Å². The zero-order valence-corrected chi connectivity index (χ0v) is 11.4. The van der Waals surface area contributed by atoms with Crippen LogP contribution in [-0.2, 0) is 0 Å². The largest absolute Gasteiger partial charge is 0.308 e. The first-order valence-corrected chi connectivity index (χ1v) is 6.45. The van der Waals surface area contributed by atoms with Crippen molar-refractivity contribution in [3.63, 3.8) is 0 Å². The quantitative estimate of drug-likeness (QED) is 0.804. The van der Waals surface area contributed by atoms with Gasteiger partial charge in [0.25, 0.3) is 5.92 Å². The fraction of sp³-hybridized carbons (Fsp3) is 1.00. The number of alkyl halides is 2. The van der Waals surface area contributed by atoms with Gasteiger partial charge < -0.3 is 10.2 Å². The van der Waals surface area contributed by atoms with Gasteiger partial charge in [-0.3, -0.25) is 0 Å². The van der Waals surface area contributed by atoms with Gasteiger partial charge in [0.1, 0.15) is 0 Å². The van der Waals surface area contributed by atoms with Crippen molar-refractivity contribution in [1.29, 1.82) is 0 Å². The molecule has 0 radical (unpaired) electrons. The minimum Gasteiger partial charge on any atom is -0.308 e. The van der Waals surface area contributed by atoms with Crippen LogP contribution in [0.4, 0.5) is 8.78 Å². The molecule has 1 N–H and O–H groups in total. The third-order valence-electron chi connectivity index (χ3n) is 4.11. The Morgan fingerprint density at radius 3 is 2.12 bits per heavy atom. The second-order valence-electron chi connectivity index (χ2n) is 6.89. The molecule has 0 heterocycles. The zero-order chi connectivity index (χ0) is 13.0. The molecule has 4 atom stereocenters. The predicted octanol–water partition coefficient (Wildman–Crippen LogP) is 2.35. The lowest BCUT2D eigenvalue weighted by Gasteiger charge is -2.39. The molecular weight excluding hydrogens is 222 g/mol. The molecule has 2 aliphatic carbocycles. The van der Waals surface area contributed by atoms with Crippen LogP contribution in [0.2, 0.25) is 0 Å². The molecule has 0 aromatic carbocycles. The zero-order valence-electron chi connectivity index (χ0n) is 11.4. The molecular formula is C13H24F2N2. The van der Waals surface area contributed by atoms with E-state index in [1.165, 1.54) is 0 Å². The normalized spacial score (nSPS) is 40.2. The Hall–Kier alpha value is -0.220. The molecule has 0 aromatic rings. The van der Waals surface area contributed by atoms with E-state index in [0.29, 0.717) is 12.8 Å². The second kappa shape index (κ2) is 3.89. The molecule has 2 saturated carbocycles. The minimum absolute atomic E-state index is 0.0179. The monoisotopic (exact) mass is 246 g/mol. The number of likely N-dealkylation sites (N-methyl/N-ethyl adjacent to an activating group) is 1. The van der Waals surface area contributed by atoms with Crippen molar-refractivity contribution in [3.8, 4) is 0 Å². The third kappa shape index (κ3) is 2.48. The summed E-state index contributed by atoms with van der Waals surface area (Å²) in [5, 5.41) is 3.51. The highest BCUT2D eigenvalue weighted by Crippen LogP contribution is 2.62. The molecule has 2 nitrogen and oxygen atoms in total. The number of halogens is 2. The number of hydrogen-bond acceptors (Lipinski definition) is 2. The van der Waals surface area contributed by atoms with Crippen LogP contribution in [0.3, 0.4) is 0 Å². The van der Waals surface area contributed by atoms with E-state index in [1.54, 1.807) is 0 Å². The maximum atomic E-state index is 13.5. The van der Waals surface area contributed by atoms with Crippen LogP contribution in [-0.4, -0.2) is 42.5 Å². The van der Waals surface area contributed by atoms with E-state index in [1.807, 2.05) is 14.1 Å². The number of nitrogens with one attached hydrogen (secondary N) is 1. The number of hydrogen-bond donors (Lipinski definition) is 1. The van der Waals surface area contributed by atoms with Crippen molar-refractivity contribution in [3.05, 3.63) is 0 Å². The average molecular weight is 246 g/mol. The van der Waals surface area contributed by atoms with Gasteiger partial charge in [0.05, 0.1) is 0 Å². The molecule has 0 saturated heterocycles. The van der Waals surface area contributed by atoms with Gasteiger partial charge in [-0.1, -0.05) is 0 Å². The fourth-order valence-corrected chi connectivity index (χ4v) is 3.24. The summed E-state index contributed by atoms with van der Waals surface area (Å²) in [5.41, 5.74) is -0.0179. The molecule has 0 bridgehead atoms. The Balaban J connectivity index is 2.08. The second-order valence-corrected chi connectivity index (χ2v) is 6.89. The molecule has 0 amide bonds. The van der Waals surface area contributed by atoms with Crippen LogP contribution in [0.25, 0.3) is 0 Å². The van der Waals surface area contributed by atoms with Crippen LogP contribution in [0, 0.1) is 11.8 Å². The van der Waals surface area contributed by atoms with E-state index in [0.717, 1.165) is 0 Å². The highest BCUT2D eigenvalue weighted by Gasteiger charge is 2.70. The van der Waals surface area contributed by atoms with Gasteiger partial charge in [-0.25, -0.2) is 8.78 Å². The topological polar surface area (TPSA) is 15.3 Å². The van der Waals surface area contributed by atoms with Crippen LogP contribution in [0.5, 0.6) is 0 Å². The van der Waals surface area contributed by atoms with Gasteiger partial charge in [-0.05, 0) is 47.7 Å². The first kappa shape index (κ1) is 13.2. The standard InChI is InChI=1S/C13H24F2N2/c1-12(2,3)16-10-6-8-9(13(8,14)15)7-11(10)17(4)5/h8-11,16H,6-7H2,1-5H3/t8-,9+,10+,11+/m1/s1. The van der Waals surface area contributed by atoms with E-state index in [9.17, 15) is 8.78 Å². The predicted molar refractivity (Wildman–Crippen MR) is 65.3 cm³/mol. The van der Waals surface area contributed by atoms with Gasteiger partial charge in [0.15, 0.2) is 0 Å². The molecule has 0 aromatic heterocycles. The van der Waals surface area contributed by atoms with Crippen LogP contribution >= 0.6 is 0 Å². The van der Waals surface area contributed by atoms with Crippen LogP contribution in [0.15, 0.2) is 0 Å². The Bertz CT molecular complexity index is 296. The Morgan fingerprint density at radius 2 is 1.65 bits per heavy atom. The lowest BCUT2D eigenvalue weighted by Crippen LogP contribution is -2.55. The first-order valence-electron chi connectivity index (χ1n) is 6.45. The molecule has 0 unspecified atom stereocenters. The van der Waals surface area contributed by atoms with Crippen LogP contribution < -0.4 is 5.32 Å². The highest BCUT2D eigenvalue weighted by molar-refractivity contribution is 5.13. The summed E-state index contributed by atoms with van der Waals surface area (Å²) in [6, 6.07) is 0.406. The van der Waals surface area contributed by atoms with Gasteiger partial charge in [0, 0.05) is 29.5 Å². The van der Waals surface area contributed by atoms with Gasteiger partial charge in [-0.15, -0.1) is 0 Å². The van der Waals surface area contributed by atoms with E-state index >= 15 is 0 Å². The maximum Gasteiger partial charge on any atom is 0.254 e. The summed E-state index contributed by atoms with van der Waals surface area (Å²) in [6.07, 6.45) is 1.23. The Labute approximate surface area is 103 Å². The molecule has 2 fully saturated rings. The van der Waals surface area contributed by atoms with Crippen molar-refractivity contribution in [1.82, 2.24) is 10.2 Å². The van der Waals surface area contributed by atoms with E-state index < -0.39 is 5.92 Å². The van der Waals surface area contributed by atoms with E-state index in [4.69, 9.17) is 0 Å². The lowest BCUT2D eigenvalue weighted by atomic mass is 9.88. The molecule has 17 heavy (non-hydrogen) atoms. The maximum absolute atomic E-state index is 13.5. The van der Waals surface area contributed by atoms with E-state index in [2.05, 4.69) is 31.0 Å². The Kier molecular flexibility index (Phi) is 3.02. The lowest BCUT2D eigenvalue weighted by molar-refractivity contribution is 0.0836.